The second kappa shape index (κ2) is 8.94. The van der Waals surface area contributed by atoms with Gasteiger partial charge < -0.3 is 24.8 Å². The fourth-order valence-corrected chi connectivity index (χ4v) is 5.39. The van der Waals surface area contributed by atoms with Crippen molar-refractivity contribution in [3.8, 4) is 17.2 Å². The van der Waals surface area contributed by atoms with Crippen molar-refractivity contribution in [3.05, 3.63) is 77.3 Å². The third-order valence-electron chi connectivity index (χ3n) is 6.41. The summed E-state index contributed by atoms with van der Waals surface area (Å²) in [5.41, 5.74) is 1.02. The predicted octanol–water partition coefficient (Wildman–Crippen LogP) is 5.16. The minimum atomic E-state index is -1.14. The van der Waals surface area contributed by atoms with E-state index in [0.717, 1.165) is 11.3 Å². The number of nitrogens with zero attached hydrogens (tertiary/aromatic N) is 1. The topological polar surface area (TPSA) is 72.1 Å². The number of nitrogens with one attached hydrogen (secondary N) is 2. The number of benzene rings is 3. The second-order valence-corrected chi connectivity index (χ2v) is 9.32. The number of hydrogen-bond acceptors (Lipinski definition) is 5. The van der Waals surface area contributed by atoms with Crippen LogP contribution in [0.2, 0.25) is 5.02 Å². The summed E-state index contributed by atoms with van der Waals surface area (Å²) in [6, 6.07) is 19.6. The minimum absolute atomic E-state index is 0.224. The zero-order chi connectivity index (χ0) is 24.7. The van der Waals surface area contributed by atoms with Crippen molar-refractivity contribution in [1.29, 1.82) is 0 Å². The molecule has 2 N–H and O–H groups in total. The number of ether oxygens (including phenoxy) is 3. The summed E-state index contributed by atoms with van der Waals surface area (Å²) < 4.78 is 17.3. The molecule has 9 heteroatoms. The van der Waals surface area contributed by atoms with Gasteiger partial charge in [0, 0.05) is 22.0 Å². The zero-order valence-corrected chi connectivity index (χ0v) is 20.9. The third-order valence-corrected chi connectivity index (χ3v) is 6.95. The monoisotopic (exact) mass is 509 g/mol. The Kier molecular flexibility index (Phi) is 5.94. The van der Waals surface area contributed by atoms with Gasteiger partial charge in [0.25, 0.3) is 0 Å². The first-order chi connectivity index (χ1) is 16.8. The highest BCUT2D eigenvalue weighted by molar-refractivity contribution is 7.80. The molecule has 2 aliphatic heterocycles. The number of carbonyl (C=O) groups is 1. The minimum Gasteiger partial charge on any atom is -0.497 e. The van der Waals surface area contributed by atoms with Gasteiger partial charge in [-0.15, -0.1) is 0 Å². The number of halogens is 1. The second-order valence-electron chi connectivity index (χ2n) is 8.50. The Morgan fingerprint density at radius 2 is 1.80 bits per heavy atom. The Morgan fingerprint density at radius 3 is 2.49 bits per heavy atom. The molecular formula is C26H24ClN3O4S. The van der Waals surface area contributed by atoms with Crippen LogP contribution in [0, 0.1) is 5.92 Å². The summed E-state index contributed by atoms with van der Waals surface area (Å²) in [5.74, 6) is 1.10. The standard InChI is InChI=1S/C26H24ClN3O4S/c1-26-22(24(31)28-16-7-9-18(32-2)10-8-16)23(20-14-19(33-3)11-12-21(20)34-26)29-25(35)30(26)17-6-4-5-15(27)13-17/h4-14,22-23H,1-3H3,(H,28,31)(H,29,35)/t22-,23+,26+/m0/s1. The number of methoxy groups -OCH3 is 2. The molecule has 0 aliphatic carbocycles. The van der Waals surface area contributed by atoms with E-state index in [2.05, 4.69) is 10.6 Å². The average molecular weight is 510 g/mol. The van der Waals surface area contributed by atoms with Crippen LogP contribution in [-0.2, 0) is 4.79 Å². The Labute approximate surface area is 213 Å². The van der Waals surface area contributed by atoms with Crippen molar-refractivity contribution in [2.75, 3.05) is 24.4 Å². The van der Waals surface area contributed by atoms with Gasteiger partial charge in [0.15, 0.2) is 10.8 Å². The van der Waals surface area contributed by atoms with Crippen molar-refractivity contribution >= 4 is 46.2 Å². The molecule has 180 valence electrons. The molecule has 1 amide bonds. The van der Waals surface area contributed by atoms with Gasteiger partial charge in [0.1, 0.15) is 23.2 Å². The number of fused-ring (bicyclic) bond motifs is 4. The summed E-state index contributed by atoms with van der Waals surface area (Å²) in [4.78, 5) is 15.7. The summed E-state index contributed by atoms with van der Waals surface area (Å²) in [7, 11) is 3.20. The number of amides is 1. The Hall–Kier alpha value is -3.49. The van der Waals surface area contributed by atoms with Gasteiger partial charge in [-0.05, 0) is 79.8 Å². The van der Waals surface area contributed by atoms with Crippen LogP contribution in [0.15, 0.2) is 66.7 Å². The SMILES string of the molecule is COc1ccc(NC(=O)[C@@H]2[C@@H]3NC(=S)N(c4cccc(Cl)c4)[C@]2(C)Oc2ccc(OC)cc23)cc1. The lowest BCUT2D eigenvalue weighted by Crippen LogP contribution is -2.72. The van der Waals surface area contributed by atoms with E-state index >= 15 is 0 Å². The van der Waals surface area contributed by atoms with Gasteiger partial charge in [-0.25, -0.2) is 0 Å². The molecule has 1 fully saturated rings. The van der Waals surface area contributed by atoms with Crippen molar-refractivity contribution in [3.63, 3.8) is 0 Å². The van der Waals surface area contributed by atoms with Crippen molar-refractivity contribution in [2.45, 2.75) is 18.7 Å². The van der Waals surface area contributed by atoms with Crippen molar-refractivity contribution < 1.29 is 19.0 Å². The Bertz CT molecular complexity index is 1300. The van der Waals surface area contributed by atoms with Crippen LogP contribution in [0.5, 0.6) is 17.2 Å². The summed E-state index contributed by atoms with van der Waals surface area (Å²) in [5, 5.41) is 7.40. The maximum atomic E-state index is 13.9. The molecular weight excluding hydrogens is 486 g/mol. The molecule has 3 atom stereocenters. The van der Waals surface area contributed by atoms with Crippen molar-refractivity contribution in [2.24, 2.45) is 5.92 Å². The van der Waals surface area contributed by atoms with E-state index in [1.807, 2.05) is 42.2 Å². The maximum absolute atomic E-state index is 13.9. The zero-order valence-electron chi connectivity index (χ0n) is 19.4. The lowest BCUT2D eigenvalue weighted by atomic mass is 9.78. The van der Waals surface area contributed by atoms with Crippen LogP contribution in [0.4, 0.5) is 11.4 Å². The normalized spacial score (nSPS) is 22.4. The van der Waals surface area contributed by atoms with Crippen LogP contribution in [0.1, 0.15) is 18.5 Å². The van der Waals surface area contributed by atoms with Gasteiger partial charge in [0.2, 0.25) is 5.91 Å². The van der Waals surface area contributed by atoms with Crippen LogP contribution < -0.4 is 29.7 Å². The van der Waals surface area contributed by atoms with E-state index in [1.165, 1.54) is 0 Å². The largest absolute Gasteiger partial charge is 0.497 e. The summed E-state index contributed by atoms with van der Waals surface area (Å²) >= 11 is 12.1. The van der Waals surface area contributed by atoms with Crippen molar-refractivity contribution in [1.82, 2.24) is 5.32 Å². The lowest BCUT2D eigenvalue weighted by Gasteiger charge is -2.56. The number of thiocarbonyl (C=S) groups is 1. The van der Waals surface area contributed by atoms with E-state index in [4.69, 9.17) is 38.0 Å². The molecule has 0 unspecified atom stereocenters. The molecule has 1 saturated heterocycles. The molecule has 3 aromatic rings. The number of rotatable bonds is 5. The van der Waals surface area contributed by atoms with E-state index in [9.17, 15) is 4.79 Å². The maximum Gasteiger partial charge on any atom is 0.236 e. The molecule has 0 saturated carbocycles. The summed E-state index contributed by atoms with van der Waals surface area (Å²) in [6.45, 7) is 1.87. The Morgan fingerprint density at radius 1 is 1.09 bits per heavy atom. The molecule has 2 bridgehead atoms. The van der Waals surface area contributed by atoms with Gasteiger partial charge >= 0.3 is 0 Å². The van der Waals surface area contributed by atoms with Crippen LogP contribution >= 0.6 is 23.8 Å². The number of anilines is 2. The lowest BCUT2D eigenvalue weighted by molar-refractivity contribution is -0.130. The van der Waals surface area contributed by atoms with Gasteiger partial charge in [-0.1, -0.05) is 17.7 Å². The molecule has 35 heavy (non-hydrogen) atoms. The first kappa shape index (κ1) is 23.3. The van der Waals surface area contributed by atoms with Crippen LogP contribution in [0.3, 0.4) is 0 Å². The van der Waals surface area contributed by atoms with Gasteiger partial charge in [-0.3, -0.25) is 9.69 Å². The van der Waals surface area contributed by atoms with E-state index in [-0.39, 0.29) is 5.91 Å². The summed E-state index contributed by atoms with van der Waals surface area (Å²) in [6.07, 6.45) is 0. The van der Waals surface area contributed by atoms with Gasteiger partial charge in [0.05, 0.1) is 20.3 Å². The highest BCUT2D eigenvalue weighted by Gasteiger charge is 2.59. The van der Waals surface area contributed by atoms with Crippen LogP contribution in [0.25, 0.3) is 0 Å². The highest BCUT2D eigenvalue weighted by atomic mass is 35.5. The van der Waals surface area contributed by atoms with E-state index < -0.39 is 17.7 Å². The smallest absolute Gasteiger partial charge is 0.236 e. The fraction of sp³-hybridized carbons (Fsp3) is 0.231. The fourth-order valence-electron chi connectivity index (χ4n) is 4.79. The van der Waals surface area contributed by atoms with Gasteiger partial charge in [-0.2, -0.15) is 0 Å². The molecule has 0 spiro atoms. The first-order valence-electron chi connectivity index (χ1n) is 11.0. The number of hydrogen-bond donors (Lipinski definition) is 2. The predicted molar refractivity (Wildman–Crippen MR) is 140 cm³/mol. The molecule has 3 aromatic carbocycles. The molecule has 2 heterocycles. The first-order valence-corrected chi connectivity index (χ1v) is 11.8. The molecule has 0 radical (unpaired) electrons. The third kappa shape index (κ3) is 4.02. The van der Waals surface area contributed by atoms with E-state index in [0.29, 0.717) is 33.1 Å². The molecule has 0 aromatic heterocycles. The molecule has 5 rings (SSSR count). The van der Waals surface area contributed by atoms with E-state index in [1.54, 1.807) is 50.6 Å². The molecule has 7 nitrogen and oxygen atoms in total. The quantitative estimate of drug-likeness (QED) is 0.460. The highest BCUT2D eigenvalue weighted by Crippen LogP contribution is 2.50. The van der Waals surface area contributed by atoms with Crippen LogP contribution in [-0.4, -0.2) is 31.0 Å². The molecule has 2 aliphatic rings. The number of carbonyl (C=O) groups excluding carboxylic acids is 1. The Balaban J connectivity index is 1.60. The average Bonchev–Trinajstić information content (AvgIpc) is 2.83.